The number of rotatable bonds is 6. The van der Waals surface area contributed by atoms with Crippen LogP contribution in [0.3, 0.4) is 0 Å². The minimum atomic E-state index is -1.26. The lowest BCUT2D eigenvalue weighted by atomic mass is 9.97. The van der Waals surface area contributed by atoms with Crippen molar-refractivity contribution in [3.63, 3.8) is 0 Å². The van der Waals surface area contributed by atoms with Crippen molar-refractivity contribution in [1.29, 1.82) is 0 Å². The molecule has 0 fully saturated rings. The van der Waals surface area contributed by atoms with Crippen molar-refractivity contribution in [2.45, 2.75) is 38.8 Å². The molecule has 2 radical (unpaired) electrons. The number of aryl methyl sites for hydroxylation is 1. The Bertz CT molecular complexity index is 1590. The Kier molecular flexibility index (Phi) is 7.46. The molecule has 4 aromatic carbocycles. The van der Waals surface area contributed by atoms with Crippen LogP contribution in [0.15, 0.2) is 106 Å². The highest BCUT2D eigenvalue weighted by Crippen LogP contribution is 2.51. The molecule has 0 aliphatic carbocycles. The number of aromatic hydroxyl groups is 1. The Hall–Kier alpha value is -4.45. The maximum Gasteiger partial charge on any atom is 0.305 e. The monoisotopic (exact) mass is 516 g/mol. The van der Waals surface area contributed by atoms with Gasteiger partial charge in [0.25, 0.3) is 0 Å². The molecule has 0 saturated carbocycles. The molecule has 0 atom stereocenters. The molecule has 1 aromatic heterocycles. The number of ether oxygens (including phenoxy) is 2. The SMILES string of the molecule is CC.[B]CCCc1ccc(-c2oc3c4c(ccc3c(=O)c2O)OC(c2ccccc2)(c2ccccc2)O4)cc1. The van der Waals surface area contributed by atoms with Crippen LogP contribution in [0, 0.1) is 0 Å². The Balaban J connectivity index is 0.00000151. The van der Waals surface area contributed by atoms with E-state index in [2.05, 4.69) is 0 Å². The van der Waals surface area contributed by atoms with E-state index in [1.807, 2.05) is 98.8 Å². The molecule has 0 spiro atoms. The van der Waals surface area contributed by atoms with Crippen LogP contribution < -0.4 is 14.9 Å². The molecule has 2 heterocycles. The molecule has 1 N–H and O–H groups in total. The highest BCUT2D eigenvalue weighted by atomic mass is 16.7. The van der Waals surface area contributed by atoms with E-state index in [0.29, 0.717) is 23.4 Å². The summed E-state index contributed by atoms with van der Waals surface area (Å²) in [6, 6.07) is 30.1. The van der Waals surface area contributed by atoms with Crippen molar-refractivity contribution in [2.24, 2.45) is 0 Å². The van der Waals surface area contributed by atoms with E-state index in [4.69, 9.17) is 21.7 Å². The second-order valence-corrected chi connectivity index (χ2v) is 9.02. The molecule has 0 saturated heterocycles. The topological polar surface area (TPSA) is 68.9 Å². The fraction of sp³-hybridized carbons (Fsp3) is 0.182. The van der Waals surface area contributed by atoms with Crippen molar-refractivity contribution < 1.29 is 19.0 Å². The van der Waals surface area contributed by atoms with E-state index in [9.17, 15) is 9.90 Å². The number of fused-ring (bicyclic) bond motifs is 3. The third kappa shape index (κ3) is 4.67. The average Bonchev–Trinajstić information content (AvgIpc) is 3.42. The van der Waals surface area contributed by atoms with E-state index in [-0.39, 0.29) is 16.7 Å². The molecule has 6 heteroatoms. The Morgan fingerprint density at radius 2 is 1.41 bits per heavy atom. The van der Waals surface area contributed by atoms with Gasteiger partial charge in [0.05, 0.1) is 13.2 Å². The molecular formula is C33H29BO5. The second kappa shape index (κ2) is 11.1. The largest absolute Gasteiger partial charge is 0.502 e. The number of benzene rings is 4. The van der Waals surface area contributed by atoms with Crippen molar-refractivity contribution in [2.75, 3.05) is 0 Å². The highest BCUT2D eigenvalue weighted by Gasteiger charge is 2.46. The summed E-state index contributed by atoms with van der Waals surface area (Å²) >= 11 is 0. The number of hydrogen-bond donors (Lipinski definition) is 1. The first-order valence-corrected chi connectivity index (χ1v) is 13.2. The van der Waals surface area contributed by atoms with Crippen LogP contribution in [0.2, 0.25) is 6.32 Å². The summed E-state index contributed by atoms with van der Waals surface area (Å²) in [7, 11) is 5.62. The Morgan fingerprint density at radius 1 is 0.795 bits per heavy atom. The van der Waals surface area contributed by atoms with Gasteiger partial charge in [-0.2, -0.15) is 0 Å². The van der Waals surface area contributed by atoms with Gasteiger partial charge < -0.3 is 19.0 Å². The van der Waals surface area contributed by atoms with Gasteiger partial charge in [-0.3, -0.25) is 4.79 Å². The zero-order chi connectivity index (χ0) is 27.4. The molecule has 5 aromatic rings. The average molecular weight is 516 g/mol. The van der Waals surface area contributed by atoms with Gasteiger partial charge in [-0.25, -0.2) is 0 Å². The first kappa shape index (κ1) is 26.2. The summed E-state index contributed by atoms with van der Waals surface area (Å²) < 4.78 is 19.3. The van der Waals surface area contributed by atoms with Gasteiger partial charge >= 0.3 is 5.79 Å². The smallest absolute Gasteiger partial charge is 0.305 e. The summed E-state index contributed by atoms with van der Waals surface area (Å²) in [6.07, 6.45) is 2.34. The van der Waals surface area contributed by atoms with Crippen LogP contribution in [-0.4, -0.2) is 13.0 Å². The fourth-order valence-electron chi connectivity index (χ4n) is 4.74. The minimum absolute atomic E-state index is 0.0804. The molecule has 0 bridgehead atoms. The van der Waals surface area contributed by atoms with Crippen LogP contribution in [0.25, 0.3) is 22.3 Å². The molecule has 0 amide bonds. The third-order valence-corrected chi connectivity index (χ3v) is 6.65. The maximum absolute atomic E-state index is 13.2. The summed E-state index contributed by atoms with van der Waals surface area (Å²) in [5.74, 6) is -0.879. The van der Waals surface area contributed by atoms with E-state index in [0.717, 1.165) is 29.5 Å². The van der Waals surface area contributed by atoms with Gasteiger partial charge in [0.1, 0.15) is 0 Å². The van der Waals surface area contributed by atoms with Crippen LogP contribution in [-0.2, 0) is 12.2 Å². The quantitative estimate of drug-likeness (QED) is 0.239. The summed E-state index contributed by atoms with van der Waals surface area (Å²) in [5, 5.41) is 11.0. The lowest BCUT2D eigenvalue weighted by Crippen LogP contribution is -2.36. The predicted molar refractivity (Wildman–Crippen MR) is 155 cm³/mol. The van der Waals surface area contributed by atoms with Crippen molar-refractivity contribution >= 4 is 18.8 Å². The lowest BCUT2D eigenvalue weighted by Gasteiger charge is -2.28. The molecule has 6 rings (SSSR count). The molecule has 0 unspecified atom stereocenters. The van der Waals surface area contributed by atoms with Gasteiger partial charge in [0.15, 0.2) is 17.1 Å². The molecule has 1 aliphatic heterocycles. The van der Waals surface area contributed by atoms with Gasteiger partial charge in [-0.1, -0.05) is 112 Å². The lowest BCUT2D eigenvalue weighted by molar-refractivity contribution is -0.0456. The molecule has 1 aliphatic rings. The zero-order valence-electron chi connectivity index (χ0n) is 22.0. The van der Waals surface area contributed by atoms with Crippen molar-refractivity contribution in [3.05, 3.63) is 124 Å². The summed E-state index contributed by atoms with van der Waals surface area (Å²) in [5.41, 5.74) is 2.97. The third-order valence-electron chi connectivity index (χ3n) is 6.65. The van der Waals surface area contributed by atoms with Crippen LogP contribution in [0.5, 0.6) is 17.2 Å². The van der Waals surface area contributed by atoms with E-state index in [1.165, 1.54) is 0 Å². The normalized spacial score (nSPS) is 13.1. The summed E-state index contributed by atoms with van der Waals surface area (Å²) in [6.45, 7) is 4.00. The predicted octanol–water partition coefficient (Wildman–Crippen LogP) is 7.38. The Labute approximate surface area is 229 Å². The van der Waals surface area contributed by atoms with Crippen LogP contribution >= 0.6 is 0 Å². The first-order valence-electron chi connectivity index (χ1n) is 13.2. The van der Waals surface area contributed by atoms with E-state index >= 15 is 0 Å². The van der Waals surface area contributed by atoms with E-state index < -0.39 is 17.0 Å². The van der Waals surface area contributed by atoms with Crippen molar-refractivity contribution in [1.82, 2.24) is 0 Å². The molecular weight excluding hydrogens is 487 g/mol. The molecule has 5 nitrogen and oxygen atoms in total. The van der Waals surface area contributed by atoms with Crippen molar-refractivity contribution in [3.8, 4) is 28.6 Å². The Morgan fingerprint density at radius 3 is 2.00 bits per heavy atom. The van der Waals surface area contributed by atoms with Gasteiger partial charge in [0, 0.05) is 16.7 Å². The minimum Gasteiger partial charge on any atom is -0.502 e. The molecule has 194 valence electrons. The van der Waals surface area contributed by atoms with Gasteiger partial charge in [0.2, 0.25) is 16.9 Å². The highest BCUT2D eigenvalue weighted by molar-refractivity contribution is 6.08. The van der Waals surface area contributed by atoms with Gasteiger partial charge in [-0.15, -0.1) is 0 Å². The number of hydrogen-bond acceptors (Lipinski definition) is 5. The zero-order valence-corrected chi connectivity index (χ0v) is 22.0. The van der Waals surface area contributed by atoms with Crippen LogP contribution in [0.4, 0.5) is 0 Å². The maximum atomic E-state index is 13.2. The first-order chi connectivity index (χ1) is 19.1. The van der Waals surface area contributed by atoms with Crippen LogP contribution in [0.1, 0.15) is 37.0 Å². The van der Waals surface area contributed by atoms with E-state index in [1.54, 1.807) is 12.1 Å². The fourth-order valence-corrected chi connectivity index (χ4v) is 4.74. The van der Waals surface area contributed by atoms with Gasteiger partial charge in [-0.05, 0) is 24.1 Å². The summed E-state index contributed by atoms with van der Waals surface area (Å²) in [4.78, 5) is 13.2. The molecule has 39 heavy (non-hydrogen) atoms. The standard InChI is InChI=1S/C31H23BO5.C2H6/c32-19-7-8-20-13-15-21(16-14-20)28-27(34)26(33)24-17-18-25-30(29(24)35-28)37-31(36-25,22-9-3-1-4-10-22)23-11-5-2-6-12-23;1-2/h1-6,9-18,34H,7-8,19H2;1-2H3. The second-order valence-electron chi connectivity index (χ2n) is 9.02.